The Morgan fingerprint density at radius 3 is 1.79 bits per heavy atom. The molecule has 0 aliphatic carbocycles. The molecule has 2 heterocycles. The highest BCUT2D eigenvalue weighted by molar-refractivity contribution is 6.11. The molecule has 0 aliphatic heterocycles. The van der Waals surface area contributed by atoms with Crippen LogP contribution in [0, 0.1) is 17.9 Å². The van der Waals surface area contributed by atoms with Gasteiger partial charge in [0.05, 0.1) is 46.0 Å². The summed E-state index contributed by atoms with van der Waals surface area (Å²) in [5.41, 5.74) is 11.6. The van der Waals surface area contributed by atoms with E-state index in [4.69, 9.17) is 6.57 Å². The van der Waals surface area contributed by atoms with Crippen molar-refractivity contribution in [1.29, 1.82) is 5.26 Å². The molecule has 4 heteroatoms. The zero-order valence-electron chi connectivity index (χ0n) is 25.8. The first-order valence-electron chi connectivity index (χ1n) is 15.9. The van der Waals surface area contributed by atoms with Crippen LogP contribution in [0.4, 0.5) is 5.69 Å². The number of hydrogen-bond acceptors (Lipinski definition) is 1. The van der Waals surface area contributed by atoms with Gasteiger partial charge in [0.25, 0.3) is 0 Å². The minimum atomic E-state index is 0.616. The van der Waals surface area contributed by atoms with Gasteiger partial charge in [-0.15, -0.1) is 0 Å². The van der Waals surface area contributed by atoms with Gasteiger partial charge in [0.2, 0.25) is 0 Å². The molecule has 0 N–H and O–H groups in total. The molecule has 9 aromatic rings. The normalized spacial score (nSPS) is 11.3. The molecular formula is C44H26N4. The molecule has 0 amide bonds. The van der Waals surface area contributed by atoms with Crippen molar-refractivity contribution in [3.05, 3.63) is 175 Å². The van der Waals surface area contributed by atoms with Crippen LogP contribution in [-0.4, -0.2) is 9.13 Å². The Kier molecular flexibility index (Phi) is 6.22. The first kappa shape index (κ1) is 27.4. The highest BCUT2D eigenvalue weighted by Gasteiger charge is 2.17. The van der Waals surface area contributed by atoms with Crippen molar-refractivity contribution >= 4 is 49.3 Å². The second kappa shape index (κ2) is 10.9. The average Bonchev–Trinajstić information content (AvgIpc) is 3.67. The molecule has 0 bridgehead atoms. The number of fused-ring (bicyclic) bond motifs is 6. The smallest absolute Gasteiger partial charge is 0.188 e. The van der Waals surface area contributed by atoms with Crippen LogP contribution in [-0.2, 0) is 0 Å². The van der Waals surface area contributed by atoms with E-state index in [1.807, 2.05) is 42.5 Å². The molecule has 48 heavy (non-hydrogen) atoms. The van der Waals surface area contributed by atoms with E-state index in [-0.39, 0.29) is 0 Å². The largest absolute Gasteiger partial charge is 0.309 e. The van der Waals surface area contributed by atoms with Crippen molar-refractivity contribution in [3.8, 4) is 39.7 Å². The maximum atomic E-state index is 10.5. The summed E-state index contributed by atoms with van der Waals surface area (Å²) in [5, 5.41) is 15.1. The lowest BCUT2D eigenvalue weighted by molar-refractivity contribution is 1.18. The molecule has 0 atom stereocenters. The average molecular weight is 611 g/mol. The molecule has 4 nitrogen and oxygen atoms in total. The van der Waals surface area contributed by atoms with Crippen LogP contribution in [0.15, 0.2) is 158 Å². The number of rotatable bonds is 4. The van der Waals surface area contributed by atoms with Gasteiger partial charge < -0.3 is 9.13 Å². The van der Waals surface area contributed by atoms with Gasteiger partial charge >= 0.3 is 0 Å². The Bertz CT molecular complexity index is 2760. The summed E-state index contributed by atoms with van der Waals surface area (Å²) in [7, 11) is 0. The number of nitriles is 1. The minimum absolute atomic E-state index is 0.616. The highest BCUT2D eigenvalue weighted by atomic mass is 15.0. The van der Waals surface area contributed by atoms with E-state index >= 15 is 0 Å². The van der Waals surface area contributed by atoms with Crippen molar-refractivity contribution in [2.24, 2.45) is 0 Å². The molecule has 0 saturated carbocycles. The zero-order chi connectivity index (χ0) is 32.2. The minimum Gasteiger partial charge on any atom is -0.309 e. The van der Waals surface area contributed by atoms with E-state index in [0.29, 0.717) is 11.3 Å². The summed E-state index contributed by atoms with van der Waals surface area (Å²) >= 11 is 0. The van der Waals surface area contributed by atoms with Gasteiger partial charge in [-0.3, -0.25) is 0 Å². The lowest BCUT2D eigenvalue weighted by atomic mass is 9.94. The van der Waals surface area contributed by atoms with Crippen LogP contribution in [0.2, 0.25) is 0 Å². The number of para-hydroxylation sites is 4. The second-order valence-corrected chi connectivity index (χ2v) is 12.0. The van der Waals surface area contributed by atoms with Crippen molar-refractivity contribution in [1.82, 2.24) is 9.13 Å². The van der Waals surface area contributed by atoms with Crippen LogP contribution in [0.5, 0.6) is 0 Å². The Hall–Kier alpha value is -6.88. The van der Waals surface area contributed by atoms with E-state index < -0.39 is 0 Å². The van der Waals surface area contributed by atoms with Gasteiger partial charge in [-0.2, -0.15) is 5.26 Å². The third kappa shape index (κ3) is 4.14. The van der Waals surface area contributed by atoms with Gasteiger partial charge in [-0.25, -0.2) is 4.85 Å². The first-order valence-corrected chi connectivity index (χ1v) is 15.9. The fourth-order valence-corrected chi connectivity index (χ4v) is 7.27. The van der Waals surface area contributed by atoms with Crippen molar-refractivity contribution in [2.45, 2.75) is 0 Å². The molecule has 2 aromatic heterocycles. The van der Waals surface area contributed by atoms with Crippen LogP contribution in [0.1, 0.15) is 5.56 Å². The van der Waals surface area contributed by atoms with E-state index in [1.54, 1.807) is 0 Å². The fraction of sp³-hybridized carbons (Fsp3) is 0. The molecular weight excluding hydrogens is 585 g/mol. The van der Waals surface area contributed by atoms with Gasteiger partial charge in [-0.1, -0.05) is 103 Å². The monoisotopic (exact) mass is 610 g/mol. The molecule has 0 aliphatic rings. The van der Waals surface area contributed by atoms with Crippen LogP contribution in [0.25, 0.3) is 82.1 Å². The van der Waals surface area contributed by atoms with Gasteiger partial charge in [-0.05, 0) is 76.7 Å². The third-order valence-corrected chi connectivity index (χ3v) is 9.38. The Balaban J connectivity index is 1.19. The molecule has 0 saturated heterocycles. The van der Waals surface area contributed by atoms with E-state index in [0.717, 1.165) is 66.5 Å². The Morgan fingerprint density at radius 1 is 0.479 bits per heavy atom. The van der Waals surface area contributed by atoms with Crippen molar-refractivity contribution in [2.75, 3.05) is 0 Å². The van der Waals surface area contributed by atoms with E-state index in [1.165, 1.54) is 10.8 Å². The summed E-state index contributed by atoms with van der Waals surface area (Å²) < 4.78 is 4.57. The molecule has 222 valence electrons. The number of nitrogens with zero attached hydrogens (tertiary/aromatic N) is 4. The SMILES string of the molecule is [C-]#[N+]c1ccc2c(c1)c1ccccc1n2-c1cccc(-c2ccc(-c3ccccc3-n3c4ccccc4c4ccccc43)cc2C#N)c1. The van der Waals surface area contributed by atoms with E-state index in [9.17, 15) is 5.26 Å². The lowest BCUT2D eigenvalue weighted by Crippen LogP contribution is -1.98. The molecule has 0 fully saturated rings. The topological polar surface area (TPSA) is 38.0 Å². The van der Waals surface area contributed by atoms with Crippen molar-refractivity contribution in [3.63, 3.8) is 0 Å². The Labute approximate surface area is 277 Å². The van der Waals surface area contributed by atoms with Gasteiger partial charge in [0.1, 0.15) is 0 Å². The quantitative estimate of drug-likeness (QED) is 0.183. The molecule has 0 unspecified atom stereocenters. The molecule has 0 spiro atoms. The zero-order valence-corrected chi connectivity index (χ0v) is 25.8. The number of hydrogen-bond donors (Lipinski definition) is 0. The highest BCUT2D eigenvalue weighted by Crippen LogP contribution is 2.39. The maximum Gasteiger partial charge on any atom is 0.188 e. The van der Waals surface area contributed by atoms with Gasteiger partial charge in [0, 0.05) is 27.4 Å². The van der Waals surface area contributed by atoms with E-state index in [2.05, 4.69) is 135 Å². The second-order valence-electron chi connectivity index (χ2n) is 12.0. The molecule has 0 radical (unpaired) electrons. The standard InChI is InChI=1S/C44H26N4/c1-46-32-22-24-44-39(27-32)38-16-5-7-18-41(38)47(44)33-12-10-11-29(26-33)34-23-21-30(25-31(34)28-45)35-13-2-6-17-40(35)48-42-19-8-3-14-36(42)37-15-4-9-20-43(37)48/h2-27H. The number of aromatic nitrogens is 2. The van der Waals surface area contributed by atoms with Crippen molar-refractivity contribution < 1.29 is 0 Å². The van der Waals surface area contributed by atoms with Crippen LogP contribution >= 0.6 is 0 Å². The third-order valence-electron chi connectivity index (χ3n) is 9.38. The van der Waals surface area contributed by atoms with Crippen LogP contribution in [0.3, 0.4) is 0 Å². The maximum absolute atomic E-state index is 10.5. The summed E-state index contributed by atoms with van der Waals surface area (Å²) in [5.74, 6) is 0. The predicted octanol–water partition coefficient (Wildman–Crippen LogP) is 11.6. The first-order chi connectivity index (χ1) is 23.7. The predicted molar refractivity (Wildman–Crippen MR) is 197 cm³/mol. The molecule has 7 aromatic carbocycles. The number of benzene rings is 7. The molecule has 9 rings (SSSR count). The fourth-order valence-electron chi connectivity index (χ4n) is 7.27. The summed E-state index contributed by atoms with van der Waals surface area (Å²) in [6.07, 6.45) is 0. The summed E-state index contributed by atoms with van der Waals surface area (Å²) in [6, 6.07) is 56.7. The summed E-state index contributed by atoms with van der Waals surface area (Å²) in [6.45, 7) is 7.53. The Morgan fingerprint density at radius 2 is 1.08 bits per heavy atom. The summed E-state index contributed by atoms with van der Waals surface area (Å²) in [4.78, 5) is 3.67. The lowest BCUT2D eigenvalue weighted by Gasteiger charge is -2.15. The van der Waals surface area contributed by atoms with Gasteiger partial charge in [0.15, 0.2) is 5.69 Å². The van der Waals surface area contributed by atoms with Crippen LogP contribution < -0.4 is 0 Å².